The number of amides is 3. The molecule has 0 bridgehead atoms. The number of halogens is 1. The van der Waals surface area contributed by atoms with Crippen LogP contribution in [-0.4, -0.2) is 62.1 Å². The highest BCUT2D eigenvalue weighted by molar-refractivity contribution is 7.91. The zero-order chi connectivity index (χ0) is 21.3. The van der Waals surface area contributed by atoms with Gasteiger partial charge in [-0.15, -0.1) is 0 Å². The standard InChI is InChI=1S/C18H20FN2O7S/c1-11(22)20(17(23)24)9-14-10-21(18(25)28-14)13-2-3-15(16(19)8-13)12-4-6-29(26,27)7-5-12/h2-3,8,12,14H,4-7,9-10H2,1H3. The van der Waals surface area contributed by atoms with E-state index in [1.165, 1.54) is 18.2 Å². The highest BCUT2D eigenvalue weighted by Crippen LogP contribution is 2.33. The topological polar surface area (TPSA) is 121 Å². The molecule has 2 saturated heterocycles. The first-order valence-electron chi connectivity index (χ1n) is 9.04. The van der Waals surface area contributed by atoms with Gasteiger partial charge in [-0.3, -0.25) is 9.69 Å². The van der Waals surface area contributed by atoms with Crippen molar-refractivity contribution in [2.45, 2.75) is 31.8 Å². The van der Waals surface area contributed by atoms with E-state index < -0.39 is 39.9 Å². The number of imide groups is 1. The largest absolute Gasteiger partial charge is 0.459 e. The molecule has 1 radical (unpaired) electrons. The number of hydrogen-bond acceptors (Lipinski definition) is 6. The Hall–Kier alpha value is -2.69. The van der Waals surface area contributed by atoms with Crippen LogP contribution in [0, 0.1) is 5.82 Å². The third-order valence-corrected chi connectivity index (χ3v) is 6.87. The smallest absolute Gasteiger partial charge is 0.442 e. The molecule has 2 aliphatic rings. The molecule has 3 amide bonds. The second-order valence-corrected chi connectivity index (χ2v) is 9.45. The van der Waals surface area contributed by atoms with Crippen molar-refractivity contribution in [2.75, 3.05) is 29.5 Å². The summed E-state index contributed by atoms with van der Waals surface area (Å²) in [6.07, 6.45) is -2.70. The number of anilines is 1. The van der Waals surface area contributed by atoms with Gasteiger partial charge in [0.05, 0.1) is 30.3 Å². The first-order chi connectivity index (χ1) is 13.6. The van der Waals surface area contributed by atoms with Crippen LogP contribution in [0.5, 0.6) is 0 Å². The summed E-state index contributed by atoms with van der Waals surface area (Å²) in [6.45, 7) is 0.613. The van der Waals surface area contributed by atoms with E-state index in [-0.39, 0.29) is 36.2 Å². The Morgan fingerprint density at radius 1 is 1.28 bits per heavy atom. The van der Waals surface area contributed by atoms with Crippen LogP contribution in [0.2, 0.25) is 0 Å². The predicted molar refractivity (Wildman–Crippen MR) is 98.1 cm³/mol. The minimum atomic E-state index is -3.06. The number of carbonyl (C=O) groups excluding carboxylic acids is 3. The van der Waals surface area contributed by atoms with Gasteiger partial charge in [-0.2, -0.15) is 0 Å². The molecule has 3 rings (SSSR count). The van der Waals surface area contributed by atoms with Crippen LogP contribution in [0.3, 0.4) is 0 Å². The van der Waals surface area contributed by atoms with E-state index in [2.05, 4.69) is 0 Å². The monoisotopic (exact) mass is 427 g/mol. The van der Waals surface area contributed by atoms with Gasteiger partial charge in [0.15, 0.2) is 0 Å². The van der Waals surface area contributed by atoms with Crippen molar-refractivity contribution in [3.8, 4) is 0 Å². The maximum absolute atomic E-state index is 14.7. The second kappa shape index (κ2) is 7.97. The fraction of sp³-hybridized carbons (Fsp3) is 0.500. The lowest BCUT2D eigenvalue weighted by Gasteiger charge is -2.23. The minimum absolute atomic E-state index is 0.0179. The van der Waals surface area contributed by atoms with Gasteiger partial charge in [-0.05, 0) is 36.5 Å². The Morgan fingerprint density at radius 2 is 1.93 bits per heavy atom. The lowest BCUT2D eigenvalue weighted by atomic mass is 9.93. The first-order valence-corrected chi connectivity index (χ1v) is 10.9. The molecule has 0 aliphatic carbocycles. The molecule has 9 nitrogen and oxygen atoms in total. The van der Waals surface area contributed by atoms with E-state index >= 15 is 0 Å². The Bertz CT molecular complexity index is 922. The van der Waals surface area contributed by atoms with Crippen LogP contribution in [-0.2, 0) is 24.5 Å². The van der Waals surface area contributed by atoms with E-state index in [0.29, 0.717) is 23.3 Å². The second-order valence-electron chi connectivity index (χ2n) is 7.14. The Balaban J connectivity index is 1.71. The van der Waals surface area contributed by atoms with Crippen molar-refractivity contribution in [2.24, 2.45) is 0 Å². The van der Waals surface area contributed by atoms with Crippen LogP contribution in [0.4, 0.5) is 19.7 Å². The number of hydrogen-bond donors (Lipinski definition) is 0. The van der Waals surface area contributed by atoms with Crippen LogP contribution < -0.4 is 4.90 Å². The Morgan fingerprint density at radius 3 is 2.48 bits per heavy atom. The van der Waals surface area contributed by atoms with Gasteiger partial charge in [0.1, 0.15) is 21.8 Å². The van der Waals surface area contributed by atoms with Gasteiger partial charge in [0.2, 0.25) is 5.91 Å². The predicted octanol–water partition coefficient (Wildman–Crippen LogP) is 1.84. The van der Waals surface area contributed by atoms with Gasteiger partial charge in [-0.1, -0.05) is 6.07 Å². The maximum Gasteiger partial charge on any atom is 0.459 e. The molecule has 2 fully saturated rings. The van der Waals surface area contributed by atoms with Crippen molar-refractivity contribution >= 4 is 33.6 Å². The number of cyclic esters (lactones) is 1. The number of carbonyl (C=O) groups is 3. The van der Waals surface area contributed by atoms with Crippen molar-refractivity contribution in [1.82, 2.24) is 4.90 Å². The molecule has 0 saturated carbocycles. The van der Waals surface area contributed by atoms with Crippen molar-refractivity contribution in [1.29, 1.82) is 0 Å². The first kappa shape index (κ1) is 21.0. The van der Waals surface area contributed by atoms with Crippen molar-refractivity contribution in [3.63, 3.8) is 0 Å². The van der Waals surface area contributed by atoms with E-state index in [4.69, 9.17) is 4.74 Å². The molecule has 0 spiro atoms. The van der Waals surface area contributed by atoms with Gasteiger partial charge >= 0.3 is 12.2 Å². The van der Waals surface area contributed by atoms with E-state index in [1.807, 2.05) is 0 Å². The number of benzene rings is 1. The molecule has 1 aromatic carbocycles. The molecule has 1 atom stereocenters. The lowest BCUT2D eigenvalue weighted by molar-refractivity contribution is -0.128. The van der Waals surface area contributed by atoms with Gasteiger partial charge in [-0.25, -0.2) is 32.4 Å². The summed E-state index contributed by atoms with van der Waals surface area (Å²) in [7, 11) is -3.06. The molecule has 1 aromatic rings. The minimum Gasteiger partial charge on any atom is -0.442 e. The number of nitrogens with zero attached hydrogens (tertiary/aromatic N) is 2. The third kappa shape index (κ3) is 4.66. The molecule has 0 aromatic heterocycles. The highest BCUT2D eigenvalue weighted by Gasteiger charge is 2.36. The van der Waals surface area contributed by atoms with Crippen molar-refractivity contribution in [3.05, 3.63) is 29.6 Å². The van der Waals surface area contributed by atoms with Crippen LogP contribution in [0.15, 0.2) is 18.2 Å². The molecule has 2 heterocycles. The molecule has 29 heavy (non-hydrogen) atoms. The van der Waals surface area contributed by atoms with Gasteiger partial charge < -0.3 is 4.74 Å². The van der Waals surface area contributed by atoms with Crippen LogP contribution >= 0.6 is 0 Å². The van der Waals surface area contributed by atoms with E-state index in [0.717, 1.165) is 11.8 Å². The summed E-state index contributed by atoms with van der Waals surface area (Å²) in [5.74, 6) is -1.49. The third-order valence-electron chi connectivity index (χ3n) is 5.15. The highest BCUT2D eigenvalue weighted by atomic mass is 32.2. The molecular weight excluding hydrogens is 407 g/mol. The average Bonchev–Trinajstić information content (AvgIpc) is 3.00. The van der Waals surface area contributed by atoms with E-state index in [9.17, 15) is 32.3 Å². The van der Waals surface area contributed by atoms with E-state index in [1.54, 1.807) is 0 Å². The normalized spacial score (nSPS) is 21.7. The molecule has 0 N–H and O–H groups in total. The molecule has 2 aliphatic heterocycles. The summed E-state index contributed by atoms with van der Waals surface area (Å²) in [5, 5.41) is 11.0. The van der Waals surface area contributed by atoms with Gasteiger partial charge in [0, 0.05) is 6.92 Å². The number of rotatable bonds is 4. The molecule has 1 unspecified atom stereocenters. The fourth-order valence-corrected chi connectivity index (χ4v) is 5.07. The summed E-state index contributed by atoms with van der Waals surface area (Å²) in [5.41, 5.74) is 0.623. The zero-order valence-corrected chi connectivity index (χ0v) is 16.5. The molecule has 157 valence electrons. The summed E-state index contributed by atoms with van der Waals surface area (Å²) in [6, 6.07) is 4.23. The molecule has 11 heteroatoms. The SMILES string of the molecule is CC(=O)N(CC1CN(c2ccc(C3CCS(=O)(=O)CC3)c(F)c2)C(=O)O1)C([O])=O. The lowest BCUT2D eigenvalue weighted by Crippen LogP contribution is -2.40. The van der Waals surface area contributed by atoms with Crippen molar-refractivity contribution < 1.29 is 37.0 Å². The number of ether oxygens (including phenoxy) is 1. The Labute approximate surface area is 167 Å². The summed E-state index contributed by atoms with van der Waals surface area (Å²) >= 11 is 0. The zero-order valence-electron chi connectivity index (χ0n) is 15.7. The maximum atomic E-state index is 14.7. The summed E-state index contributed by atoms with van der Waals surface area (Å²) < 4.78 is 42.8. The fourth-order valence-electron chi connectivity index (χ4n) is 3.58. The quantitative estimate of drug-likeness (QED) is 0.723. The average molecular weight is 427 g/mol. The summed E-state index contributed by atoms with van der Waals surface area (Å²) in [4.78, 5) is 36.0. The Kier molecular flexibility index (Phi) is 5.78. The van der Waals surface area contributed by atoms with Crippen LogP contribution in [0.1, 0.15) is 31.2 Å². The van der Waals surface area contributed by atoms with Gasteiger partial charge in [0.25, 0.3) is 0 Å². The number of sulfone groups is 1. The molecular formula is C18H20FN2O7S. The van der Waals surface area contributed by atoms with Crippen LogP contribution in [0.25, 0.3) is 0 Å².